The average molecular weight is 374 g/mol. The van der Waals surface area contributed by atoms with Crippen molar-refractivity contribution in [2.75, 3.05) is 0 Å². The lowest BCUT2D eigenvalue weighted by Crippen LogP contribution is -2.45. The molecule has 2 aliphatic rings. The molecule has 1 aromatic carbocycles. The van der Waals surface area contributed by atoms with Gasteiger partial charge in [0.2, 0.25) is 0 Å². The van der Waals surface area contributed by atoms with Crippen LogP contribution in [0, 0.1) is 5.92 Å². The molecule has 0 bridgehead atoms. The second-order valence-electron chi connectivity index (χ2n) is 8.67. The number of fused-ring (bicyclic) bond motifs is 3. The molecule has 4 heteroatoms. The van der Waals surface area contributed by atoms with Crippen molar-refractivity contribution in [3.8, 4) is 11.5 Å². The molecule has 0 spiro atoms. The molecule has 4 nitrogen and oxygen atoms in total. The van der Waals surface area contributed by atoms with E-state index in [1.54, 1.807) is 0 Å². The van der Waals surface area contributed by atoms with Gasteiger partial charge in [0, 0.05) is 17.4 Å². The lowest BCUT2D eigenvalue weighted by Gasteiger charge is -2.47. The fourth-order valence-corrected chi connectivity index (χ4v) is 4.60. The Bertz CT molecular complexity index is 708. The molecule has 4 atom stereocenters. The van der Waals surface area contributed by atoms with Crippen molar-refractivity contribution in [2.45, 2.75) is 91.3 Å². The third kappa shape index (κ3) is 4.33. The van der Waals surface area contributed by atoms with Crippen molar-refractivity contribution < 1.29 is 14.2 Å². The van der Waals surface area contributed by atoms with Crippen LogP contribution in [0.15, 0.2) is 23.8 Å². The first kappa shape index (κ1) is 20.2. The number of hydrogen-bond acceptors (Lipinski definition) is 4. The number of allylic oxidation sites excluding steroid dienone is 2. The maximum absolute atomic E-state index is 6.54. The van der Waals surface area contributed by atoms with Gasteiger partial charge in [0.05, 0.1) is 0 Å². The molecular formula is C23H35NO3. The monoisotopic (exact) mass is 373 g/mol. The fraction of sp³-hybridized carbons (Fsp3) is 0.652. The Morgan fingerprint density at radius 1 is 1.30 bits per heavy atom. The zero-order chi connectivity index (χ0) is 19.8. The first-order valence-electron chi connectivity index (χ1n) is 10.3. The van der Waals surface area contributed by atoms with Crippen LogP contribution in [0.5, 0.6) is 11.5 Å². The standard InChI is InChI=1S/C23H35NO3/c1-7-8-17-12-20(26-16(4)25-15(3)24)22-18-11-14(2)9-10-19(18)23(5,6)27-21(22)13-17/h11-13,15-16,18-19H,7-10,24H2,1-6H3. The first-order valence-corrected chi connectivity index (χ1v) is 10.3. The fourth-order valence-electron chi connectivity index (χ4n) is 4.60. The van der Waals surface area contributed by atoms with E-state index in [0.717, 1.165) is 37.2 Å². The van der Waals surface area contributed by atoms with Gasteiger partial charge >= 0.3 is 0 Å². The van der Waals surface area contributed by atoms with Gasteiger partial charge in [-0.05, 0) is 71.6 Å². The summed E-state index contributed by atoms with van der Waals surface area (Å²) in [5.41, 5.74) is 9.45. The number of rotatable bonds is 6. The molecule has 3 rings (SSSR count). The van der Waals surface area contributed by atoms with Crippen molar-refractivity contribution in [1.82, 2.24) is 0 Å². The van der Waals surface area contributed by atoms with E-state index in [1.807, 2.05) is 13.8 Å². The highest BCUT2D eigenvalue weighted by Gasteiger charge is 2.45. The summed E-state index contributed by atoms with van der Waals surface area (Å²) < 4.78 is 18.4. The molecule has 150 valence electrons. The predicted octanol–water partition coefficient (Wildman–Crippen LogP) is 5.30. The molecular weight excluding hydrogens is 338 g/mol. The molecule has 0 saturated carbocycles. The maximum atomic E-state index is 6.54. The lowest BCUT2D eigenvalue weighted by molar-refractivity contribution is -0.100. The summed E-state index contributed by atoms with van der Waals surface area (Å²) in [6, 6.07) is 4.37. The number of ether oxygens (including phenoxy) is 3. The summed E-state index contributed by atoms with van der Waals surface area (Å²) in [7, 11) is 0. The summed E-state index contributed by atoms with van der Waals surface area (Å²) >= 11 is 0. The van der Waals surface area contributed by atoms with Crippen molar-refractivity contribution >= 4 is 0 Å². The highest BCUT2D eigenvalue weighted by molar-refractivity contribution is 5.54. The van der Waals surface area contributed by atoms with Gasteiger partial charge in [0.1, 0.15) is 23.3 Å². The summed E-state index contributed by atoms with van der Waals surface area (Å²) in [5, 5.41) is 0. The molecule has 0 saturated heterocycles. The second-order valence-corrected chi connectivity index (χ2v) is 8.67. The van der Waals surface area contributed by atoms with Crippen LogP contribution in [-0.2, 0) is 11.2 Å². The molecule has 0 amide bonds. The van der Waals surface area contributed by atoms with E-state index in [1.165, 1.54) is 16.7 Å². The van der Waals surface area contributed by atoms with Gasteiger partial charge in [-0.2, -0.15) is 0 Å². The molecule has 1 aliphatic carbocycles. The quantitative estimate of drug-likeness (QED) is 0.543. The van der Waals surface area contributed by atoms with Crippen LogP contribution in [0.4, 0.5) is 0 Å². The van der Waals surface area contributed by atoms with E-state index >= 15 is 0 Å². The number of hydrogen-bond donors (Lipinski definition) is 1. The van der Waals surface area contributed by atoms with Crippen LogP contribution in [0.2, 0.25) is 0 Å². The van der Waals surface area contributed by atoms with E-state index in [2.05, 4.69) is 45.9 Å². The highest BCUT2D eigenvalue weighted by Crippen LogP contribution is 2.53. The van der Waals surface area contributed by atoms with Gasteiger partial charge in [0.25, 0.3) is 0 Å². The molecule has 0 aromatic heterocycles. The van der Waals surface area contributed by atoms with Crippen molar-refractivity contribution in [2.24, 2.45) is 11.7 Å². The highest BCUT2D eigenvalue weighted by atomic mass is 16.7. The minimum Gasteiger partial charge on any atom is -0.487 e. The Hall–Kier alpha value is -1.52. The Balaban J connectivity index is 2.08. The molecule has 2 N–H and O–H groups in total. The van der Waals surface area contributed by atoms with Crippen molar-refractivity contribution in [1.29, 1.82) is 0 Å². The normalized spacial score (nSPS) is 25.5. The molecule has 27 heavy (non-hydrogen) atoms. The minimum absolute atomic E-state index is 0.190. The smallest absolute Gasteiger partial charge is 0.198 e. The largest absolute Gasteiger partial charge is 0.487 e. The van der Waals surface area contributed by atoms with Crippen molar-refractivity contribution in [3.63, 3.8) is 0 Å². The summed E-state index contributed by atoms with van der Waals surface area (Å²) in [5.74, 6) is 2.59. The van der Waals surface area contributed by atoms with Gasteiger partial charge in [-0.1, -0.05) is 25.0 Å². The van der Waals surface area contributed by atoms with Crippen LogP contribution in [0.25, 0.3) is 0 Å². The molecule has 4 unspecified atom stereocenters. The van der Waals surface area contributed by atoms with Crippen LogP contribution in [-0.4, -0.2) is 18.1 Å². The Kier molecular flexibility index (Phi) is 5.87. The number of aryl methyl sites for hydroxylation is 1. The molecule has 0 fully saturated rings. The molecule has 1 aliphatic heterocycles. The molecule has 1 heterocycles. The van der Waals surface area contributed by atoms with E-state index in [0.29, 0.717) is 11.8 Å². The molecule has 1 aromatic rings. The average Bonchev–Trinajstić information content (AvgIpc) is 2.52. The molecule has 0 radical (unpaired) electrons. The van der Waals surface area contributed by atoms with E-state index in [9.17, 15) is 0 Å². The van der Waals surface area contributed by atoms with Gasteiger partial charge in [-0.15, -0.1) is 0 Å². The van der Waals surface area contributed by atoms with Crippen LogP contribution in [0.3, 0.4) is 0 Å². The van der Waals surface area contributed by atoms with Gasteiger partial charge in [-0.25, -0.2) is 0 Å². The summed E-state index contributed by atoms with van der Waals surface area (Å²) in [4.78, 5) is 0. The maximum Gasteiger partial charge on any atom is 0.198 e. The Labute approximate surface area is 164 Å². The zero-order valence-electron chi connectivity index (χ0n) is 17.7. The van der Waals surface area contributed by atoms with Gasteiger partial charge < -0.3 is 19.9 Å². The van der Waals surface area contributed by atoms with Gasteiger partial charge in [-0.3, -0.25) is 0 Å². The third-order valence-corrected chi connectivity index (χ3v) is 5.75. The topological polar surface area (TPSA) is 53.7 Å². The van der Waals surface area contributed by atoms with Crippen molar-refractivity contribution in [3.05, 3.63) is 34.9 Å². The second kappa shape index (κ2) is 7.84. The van der Waals surface area contributed by atoms with E-state index < -0.39 is 6.29 Å². The van der Waals surface area contributed by atoms with Crippen LogP contribution < -0.4 is 15.2 Å². The lowest BCUT2D eigenvalue weighted by atomic mass is 9.68. The van der Waals surface area contributed by atoms with Crippen LogP contribution >= 0.6 is 0 Å². The predicted molar refractivity (Wildman–Crippen MR) is 109 cm³/mol. The van der Waals surface area contributed by atoms with E-state index in [-0.39, 0.29) is 11.8 Å². The van der Waals surface area contributed by atoms with Gasteiger partial charge in [0.15, 0.2) is 6.29 Å². The SMILES string of the molecule is CCCc1cc(OC(C)OC(C)N)c2c(c1)OC(C)(C)C1CCC(C)=CC21. The summed E-state index contributed by atoms with van der Waals surface area (Å²) in [6.07, 6.45) is 6.00. The van der Waals surface area contributed by atoms with Crippen LogP contribution in [0.1, 0.15) is 77.8 Å². The third-order valence-electron chi connectivity index (χ3n) is 5.75. The summed E-state index contributed by atoms with van der Waals surface area (Å²) in [6.45, 7) is 12.6. The zero-order valence-corrected chi connectivity index (χ0v) is 17.7. The Morgan fingerprint density at radius 2 is 2.04 bits per heavy atom. The minimum atomic E-state index is -0.409. The van der Waals surface area contributed by atoms with E-state index in [4.69, 9.17) is 19.9 Å². The number of benzene rings is 1. The number of nitrogens with two attached hydrogens (primary N) is 1. The Morgan fingerprint density at radius 3 is 2.70 bits per heavy atom. The first-order chi connectivity index (χ1) is 12.7.